The largest absolute Gasteiger partial charge is 0.726 e. The molecule has 7 heterocycles. The Balaban J connectivity index is 1.18. The van der Waals surface area contributed by atoms with Crippen molar-refractivity contribution in [3.05, 3.63) is 35.4 Å². The summed E-state index contributed by atoms with van der Waals surface area (Å²) in [6.45, 7) is -4.72. The lowest BCUT2D eigenvalue weighted by molar-refractivity contribution is -0.778. The fraction of sp³-hybridized carbons (Fsp3) is 0.857. The third kappa shape index (κ3) is 26.3. The zero-order valence-corrected chi connectivity index (χ0v) is 68.5. The molecule has 8 rings (SSSR count). The lowest BCUT2D eigenvalue weighted by atomic mass is 9.94. The highest BCUT2D eigenvalue weighted by atomic mass is 32.3. The SMILES string of the molecule is COCC1O[C@@H](O[C@H]2C(OC)C(OC)[C@@H](O[C@H]3C(OC)C(OC)[C@@H](OC)O[C@@H]3COC)O[C@@H]2COC)C(OC)[C@@H](OC)[C@H]1O[C@@H]1OC(CN2C(=O)c3ccccc3C2=O)[C@H](O[C@H]2OC(COS(=O)(=O)[O-])[C@@H](O[C@H]3OC(COS(=O)(=O)[O-])[C@@H](OSOO[O-])C(OSOO[O-])C3OSOO[O-])C(OSOO[O-])C2OS(=O)(=O)[O-])[C@H](OC)C1OC. The number of carbonyl (C=O) groups excluding carboxylic acids is 2. The number of amides is 2. The smallest absolute Gasteiger partial charge is 0.261 e. The minimum absolute atomic E-state index is 0.00767. The molecule has 2 amide bonds. The molecule has 0 aromatic heterocycles. The van der Waals surface area contributed by atoms with E-state index in [1.54, 1.807) is 0 Å². The van der Waals surface area contributed by atoms with Gasteiger partial charge in [-0.2, -0.15) is 0 Å². The predicted octanol–water partition coefficient (Wildman–Crippen LogP) is -7.25. The van der Waals surface area contributed by atoms with Crippen LogP contribution in [-0.4, -0.2) is 365 Å². The first-order chi connectivity index (χ1) is 56.1. The van der Waals surface area contributed by atoms with Gasteiger partial charge in [0.2, 0.25) is 31.2 Å². The van der Waals surface area contributed by atoms with E-state index in [1.807, 2.05) is 0 Å². The summed E-state index contributed by atoms with van der Waals surface area (Å²) in [5.74, 6) is -1.91. The van der Waals surface area contributed by atoms with Crippen LogP contribution in [0.2, 0.25) is 0 Å². The van der Waals surface area contributed by atoms with Gasteiger partial charge in [-0.3, -0.25) is 63.9 Å². The van der Waals surface area contributed by atoms with Crippen LogP contribution in [0.4, 0.5) is 0 Å². The fourth-order valence-electron chi connectivity index (χ4n) is 13.8. The highest BCUT2D eigenvalue weighted by Gasteiger charge is 2.62. The van der Waals surface area contributed by atoms with Crippen molar-refractivity contribution in [1.29, 1.82) is 0 Å². The average molecular weight is 1840 g/mol. The topological polar surface area (TPSA) is 652 Å². The minimum Gasteiger partial charge on any atom is -0.726 e. The van der Waals surface area contributed by atoms with Crippen molar-refractivity contribution < 1.29 is 245 Å². The third-order valence-corrected chi connectivity index (χ3v) is 21.4. The standard InChI is InChI=1S/C56H89NO53S7/c1-73-18-26-32(38(77-5)43(80-8)51(84-12)88-26)95-53-46(83-11)40(79-7)34(28(90-53)20-75-3)96-54-45(82-10)39(78-6)33(27(89-54)19-74-2)94-52-44(81-9)37(76-4)31(25(87-52)17-57-49(58)23-15-13-14-16-24(23)50(57)59)93-56-48(102-117(70,71)72)41(99-112-108-104-61)35(29(91-56)21-85-115(64,65)66)97-55-47(101-114-110-106-63)42(100-113-109-105-62)36(98-111-107-103-60)30(92-55)22-86-116(67,68)69/h13-16,25-48,51-56,60-63H,17-22H2,1-12H3,(H,64,65,66)(H,67,68,69)(H,70,71,72)/p-7/t25?,26-,27?,28-,29?,30?,31+,32-,33+,34-,35-,36-,37+,38?,39+,40?,41?,42?,43?,44?,45?,46?,47?,48?,51+,52+,53-,54+,55-,56-/m1/s1. The molecule has 1 aromatic rings. The Morgan fingerprint density at radius 1 is 0.325 bits per heavy atom. The summed E-state index contributed by atoms with van der Waals surface area (Å²) in [7, 11) is -2.18. The summed E-state index contributed by atoms with van der Waals surface area (Å²) in [5, 5.41) is 57.6. The number of carbonyl (C=O) groups is 2. The zero-order chi connectivity index (χ0) is 85.5. The molecule has 0 radical (unpaired) electrons. The number of fused-ring (bicyclic) bond motifs is 1. The first-order valence-electron chi connectivity index (χ1n) is 33.4. The molecule has 0 bridgehead atoms. The van der Waals surface area contributed by atoms with Crippen LogP contribution in [0.15, 0.2) is 24.3 Å². The Morgan fingerprint density at radius 3 is 0.923 bits per heavy atom. The average Bonchev–Trinajstić information content (AvgIpc) is 1.72. The van der Waals surface area contributed by atoms with Crippen molar-refractivity contribution in [2.75, 3.05) is 125 Å². The second-order valence-corrected chi connectivity index (χ2v) is 29.6. The van der Waals surface area contributed by atoms with Crippen LogP contribution in [0.25, 0.3) is 0 Å². The first-order valence-corrected chi connectivity index (χ1v) is 40.1. The molecule has 6 saturated heterocycles. The van der Waals surface area contributed by atoms with E-state index in [0.717, 1.165) is 14.2 Å². The van der Waals surface area contributed by atoms with Gasteiger partial charge in [-0.15, -0.1) is 17.3 Å². The number of rotatable bonds is 51. The third-order valence-electron chi connectivity index (χ3n) is 18.5. The Bertz CT molecular complexity index is 3440. The van der Waals surface area contributed by atoms with Gasteiger partial charge in [-0.1, -0.05) is 12.1 Å². The van der Waals surface area contributed by atoms with E-state index in [1.165, 1.54) is 95.4 Å². The number of hydrogen-bond donors (Lipinski definition) is 0. The van der Waals surface area contributed by atoms with E-state index >= 15 is 0 Å². The van der Waals surface area contributed by atoms with Crippen LogP contribution in [0, 0.1) is 0 Å². The van der Waals surface area contributed by atoms with Crippen molar-refractivity contribution in [2.24, 2.45) is 0 Å². The first kappa shape index (κ1) is 100. The zero-order valence-electron chi connectivity index (χ0n) is 62.8. The monoisotopic (exact) mass is 1840 g/mol. The molecule has 117 heavy (non-hydrogen) atoms. The van der Waals surface area contributed by atoms with Crippen molar-refractivity contribution in [3.63, 3.8) is 0 Å². The normalized spacial score (nSPS) is 36.6. The minimum atomic E-state index is -6.30. The summed E-state index contributed by atoms with van der Waals surface area (Å²) in [4.78, 5) is 29.6. The molecule has 14 unspecified atom stereocenters. The number of imide groups is 1. The molecular formula is C56H82NO53S7-7. The second kappa shape index (κ2) is 48.5. The highest BCUT2D eigenvalue weighted by molar-refractivity contribution is 7.90. The summed E-state index contributed by atoms with van der Waals surface area (Å²) in [5.41, 5.74) is -0.267. The van der Waals surface area contributed by atoms with Crippen molar-refractivity contribution in [2.45, 2.75) is 184 Å². The van der Waals surface area contributed by atoms with Gasteiger partial charge in [-0.25, -0.2) is 25.3 Å². The van der Waals surface area contributed by atoms with Gasteiger partial charge < -0.3 is 144 Å². The molecule has 7 aliphatic heterocycles. The Morgan fingerprint density at radius 2 is 0.598 bits per heavy atom. The molecule has 61 heteroatoms. The van der Waals surface area contributed by atoms with Crippen molar-refractivity contribution in [3.8, 4) is 0 Å². The molecule has 7 aliphatic rings. The van der Waals surface area contributed by atoms with Crippen LogP contribution < -0.4 is 21.0 Å². The van der Waals surface area contributed by atoms with Crippen molar-refractivity contribution >= 4 is 92.3 Å². The Hall–Kier alpha value is -2.19. The number of methoxy groups -OCH3 is 12. The van der Waals surface area contributed by atoms with Crippen LogP contribution in [0.3, 0.4) is 0 Å². The van der Waals surface area contributed by atoms with Gasteiger partial charge in [0.25, 0.3) is 11.8 Å². The number of benzene rings is 1. The van der Waals surface area contributed by atoms with Gasteiger partial charge in [0.15, 0.2) is 99.2 Å². The van der Waals surface area contributed by atoms with E-state index in [4.69, 9.17) is 130 Å². The maximum Gasteiger partial charge on any atom is 0.261 e. The lowest BCUT2D eigenvalue weighted by Gasteiger charge is -2.52. The predicted molar refractivity (Wildman–Crippen MR) is 352 cm³/mol. The Kier molecular flexibility index (Phi) is 41.5. The van der Waals surface area contributed by atoms with Gasteiger partial charge in [0, 0.05) is 85.3 Å². The van der Waals surface area contributed by atoms with Gasteiger partial charge in [0.1, 0.15) is 134 Å². The molecule has 0 N–H and O–H groups in total. The Labute approximate surface area is 683 Å². The molecule has 30 atom stereocenters. The molecule has 1 aromatic carbocycles. The maximum atomic E-state index is 14.5. The second-order valence-electron chi connectivity index (χ2n) is 24.6. The molecular weight excluding hydrogens is 1760 g/mol. The molecule has 0 saturated carbocycles. The summed E-state index contributed by atoms with van der Waals surface area (Å²) in [6, 6.07) is 5.49. The summed E-state index contributed by atoms with van der Waals surface area (Å²) in [6.07, 6.45) is -51.9. The number of nitrogens with zero attached hydrogens (tertiary/aromatic N) is 1. The van der Waals surface area contributed by atoms with Gasteiger partial charge in [-0.05, 0) is 12.1 Å². The lowest BCUT2D eigenvalue weighted by Crippen LogP contribution is -2.69. The molecule has 54 nitrogen and oxygen atoms in total. The fourth-order valence-corrected chi connectivity index (χ4v) is 16.4. The van der Waals surface area contributed by atoms with Gasteiger partial charge in [0.05, 0.1) is 50.7 Å². The van der Waals surface area contributed by atoms with E-state index in [0.29, 0.717) is 4.90 Å². The highest BCUT2D eigenvalue weighted by Crippen LogP contribution is 2.44. The van der Waals surface area contributed by atoms with E-state index in [2.05, 4.69) is 45.9 Å². The molecule has 0 aliphatic carbocycles. The number of hydrogen-bond acceptors (Lipinski definition) is 57. The molecule has 6 fully saturated rings. The van der Waals surface area contributed by atoms with E-state index in [-0.39, 0.29) is 43.3 Å². The molecule has 678 valence electrons. The summed E-state index contributed by atoms with van der Waals surface area (Å²) >= 11 is -1.79. The van der Waals surface area contributed by atoms with Crippen LogP contribution >= 0.6 is 49.3 Å². The van der Waals surface area contributed by atoms with Gasteiger partial charge >= 0.3 is 0 Å². The van der Waals surface area contributed by atoms with Crippen LogP contribution in [0.5, 0.6) is 0 Å². The number of ether oxygens (including phenoxy) is 23. The summed E-state index contributed by atoms with van der Waals surface area (Å²) < 4.78 is 308. The van der Waals surface area contributed by atoms with E-state index in [9.17, 15) is 69.5 Å². The van der Waals surface area contributed by atoms with Crippen molar-refractivity contribution in [1.82, 2.24) is 4.90 Å². The van der Waals surface area contributed by atoms with Crippen LogP contribution in [0.1, 0.15) is 20.7 Å². The maximum absolute atomic E-state index is 14.5. The van der Waals surface area contributed by atoms with E-state index < -0.39 is 284 Å². The quantitative estimate of drug-likeness (QED) is 0.0111. The van der Waals surface area contributed by atoms with Crippen LogP contribution in [-0.2, 0) is 207 Å². The molecule has 0 spiro atoms.